The summed E-state index contributed by atoms with van der Waals surface area (Å²) in [5.41, 5.74) is 3.57. The number of carbonyl (C=O) groups is 1. The summed E-state index contributed by atoms with van der Waals surface area (Å²) in [6.07, 6.45) is 0. The second kappa shape index (κ2) is 6.68. The zero-order valence-electron chi connectivity index (χ0n) is 12.4. The van der Waals surface area contributed by atoms with Gasteiger partial charge in [0.05, 0.1) is 29.2 Å². The highest BCUT2D eigenvalue weighted by Gasteiger charge is 2.10. The van der Waals surface area contributed by atoms with Crippen LogP contribution in [0, 0.1) is 13.8 Å². The van der Waals surface area contributed by atoms with Gasteiger partial charge in [0.25, 0.3) is 0 Å². The molecule has 4 heteroatoms. The molecule has 0 saturated carbocycles. The molecule has 3 nitrogen and oxygen atoms in total. The Morgan fingerprint density at radius 1 is 1.10 bits per heavy atom. The fourth-order valence-electron chi connectivity index (χ4n) is 2.04. The van der Waals surface area contributed by atoms with Crippen molar-refractivity contribution in [3.05, 3.63) is 64.7 Å². The second-order valence-electron chi connectivity index (χ2n) is 4.95. The zero-order valence-corrected chi connectivity index (χ0v) is 13.2. The maximum atomic E-state index is 12.5. The number of benzene rings is 2. The van der Waals surface area contributed by atoms with Gasteiger partial charge >= 0.3 is 5.97 Å². The molecule has 0 N–H and O–H groups in total. The van der Waals surface area contributed by atoms with Crippen LogP contribution in [0.5, 0.6) is 0 Å². The predicted octanol–water partition coefficient (Wildman–Crippen LogP) is 3.40. The van der Waals surface area contributed by atoms with Crippen molar-refractivity contribution in [3.8, 4) is 0 Å². The Morgan fingerprint density at radius 2 is 1.76 bits per heavy atom. The van der Waals surface area contributed by atoms with Crippen molar-refractivity contribution in [1.29, 1.82) is 0 Å². The third-order valence-corrected chi connectivity index (χ3v) is 4.79. The van der Waals surface area contributed by atoms with E-state index >= 15 is 0 Å². The molecule has 2 aromatic rings. The maximum absolute atomic E-state index is 12.5. The Labute approximate surface area is 127 Å². The van der Waals surface area contributed by atoms with Crippen molar-refractivity contribution in [3.63, 3.8) is 0 Å². The minimum atomic E-state index is -1.09. The quantitative estimate of drug-likeness (QED) is 0.813. The molecule has 1 unspecified atom stereocenters. The van der Waals surface area contributed by atoms with E-state index in [2.05, 4.69) is 4.74 Å². The number of hydrogen-bond acceptors (Lipinski definition) is 3. The predicted molar refractivity (Wildman–Crippen MR) is 83.8 cm³/mol. The molecule has 0 radical (unpaired) electrons. The lowest BCUT2D eigenvalue weighted by Gasteiger charge is -2.08. The van der Waals surface area contributed by atoms with Crippen LogP contribution in [0.25, 0.3) is 0 Å². The molecule has 0 aliphatic carbocycles. The van der Waals surface area contributed by atoms with E-state index in [1.807, 2.05) is 44.2 Å². The van der Waals surface area contributed by atoms with E-state index in [0.29, 0.717) is 11.3 Å². The van der Waals surface area contributed by atoms with E-state index in [1.54, 1.807) is 12.1 Å². The topological polar surface area (TPSA) is 43.4 Å². The van der Waals surface area contributed by atoms with Crippen LogP contribution < -0.4 is 0 Å². The van der Waals surface area contributed by atoms with Crippen LogP contribution in [0.4, 0.5) is 0 Å². The summed E-state index contributed by atoms with van der Waals surface area (Å²) in [7, 11) is 0.261. The molecular formula is C17H18O3S. The Hall–Kier alpha value is -1.94. The van der Waals surface area contributed by atoms with Gasteiger partial charge in [0, 0.05) is 4.90 Å². The Kier molecular flexibility index (Phi) is 4.91. The van der Waals surface area contributed by atoms with Gasteiger partial charge in [0.2, 0.25) is 0 Å². The minimum absolute atomic E-state index is 0.364. The van der Waals surface area contributed by atoms with Crippen LogP contribution in [-0.4, -0.2) is 17.3 Å². The molecule has 0 amide bonds. The number of carbonyl (C=O) groups excluding carboxylic acids is 1. The van der Waals surface area contributed by atoms with Gasteiger partial charge < -0.3 is 4.74 Å². The smallest absolute Gasteiger partial charge is 0.337 e. The highest BCUT2D eigenvalue weighted by atomic mass is 32.2. The van der Waals surface area contributed by atoms with E-state index in [4.69, 9.17) is 0 Å². The minimum Gasteiger partial charge on any atom is -0.465 e. The number of aryl methyl sites for hydroxylation is 2. The Morgan fingerprint density at radius 3 is 2.38 bits per heavy atom. The largest absolute Gasteiger partial charge is 0.465 e. The van der Waals surface area contributed by atoms with Gasteiger partial charge in [0.1, 0.15) is 0 Å². The van der Waals surface area contributed by atoms with E-state index in [0.717, 1.165) is 21.6 Å². The number of esters is 1. The van der Waals surface area contributed by atoms with Crippen molar-refractivity contribution in [1.82, 2.24) is 0 Å². The van der Waals surface area contributed by atoms with Gasteiger partial charge in [-0.3, -0.25) is 4.21 Å². The summed E-state index contributed by atoms with van der Waals surface area (Å²) < 4.78 is 17.1. The summed E-state index contributed by atoms with van der Waals surface area (Å²) in [5, 5.41) is 0. The van der Waals surface area contributed by atoms with E-state index in [1.165, 1.54) is 7.11 Å². The fourth-order valence-corrected chi connectivity index (χ4v) is 3.43. The number of hydrogen-bond donors (Lipinski definition) is 0. The van der Waals surface area contributed by atoms with Gasteiger partial charge in [-0.25, -0.2) is 4.79 Å². The van der Waals surface area contributed by atoms with Crippen LogP contribution in [0.3, 0.4) is 0 Å². The normalized spacial score (nSPS) is 12.0. The fraction of sp³-hybridized carbons (Fsp3) is 0.235. The molecule has 2 aromatic carbocycles. The molecule has 0 heterocycles. The van der Waals surface area contributed by atoms with Crippen molar-refractivity contribution in [2.24, 2.45) is 0 Å². The first-order chi connectivity index (χ1) is 10.0. The molecule has 0 aliphatic heterocycles. The summed E-state index contributed by atoms with van der Waals surface area (Å²) in [4.78, 5) is 12.2. The first-order valence-corrected chi connectivity index (χ1v) is 7.96. The molecule has 0 spiro atoms. The molecule has 1 atom stereocenters. The maximum Gasteiger partial charge on any atom is 0.337 e. The third kappa shape index (κ3) is 3.79. The van der Waals surface area contributed by atoms with Gasteiger partial charge in [-0.1, -0.05) is 24.3 Å². The van der Waals surface area contributed by atoms with Gasteiger partial charge in [-0.05, 0) is 48.7 Å². The summed E-state index contributed by atoms with van der Waals surface area (Å²) in [6, 6.07) is 13.0. The average Bonchev–Trinajstić information content (AvgIpc) is 2.49. The lowest BCUT2D eigenvalue weighted by atomic mass is 10.1. The standard InChI is InChI=1S/C17H18O3S/c1-12-4-5-13(2)16(10-12)21(19)11-14-6-8-15(9-7-14)17(18)20-3/h4-10H,11H2,1-3H3. The number of ether oxygens (including phenoxy) is 1. The molecule has 0 aromatic heterocycles. The van der Waals surface area contributed by atoms with Gasteiger partial charge in [-0.15, -0.1) is 0 Å². The summed E-state index contributed by atoms with van der Waals surface area (Å²) in [6.45, 7) is 3.96. The van der Waals surface area contributed by atoms with Crippen LogP contribution >= 0.6 is 0 Å². The molecule has 21 heavy (non-hydrogen) atoms. The van der Waals surface area contributed by atoms with E-state index in [9.17, 15) is 9.00 Å². The molecule has 0 bridgehead atoms. The average molecular weight is 302 g/mol. The van der Waals surface area contributed by atoms with E-state index < -0.39 is 10.8 Å². The SMILES string of the molecule is COC(=O)c1ccc(CS(=O)c2cc(C)ccc2C)cc1. The summed E-state index contributed by atoms with van der Waals surface area (Å²) in [5.74, 6) is 0.0726. The highest BCUT2D eigenvalue weighted by Crippen LogP contribution is 2.18. The van der Waals surface area contributed by atoms with Crippen LogP contribution in [-0.2, 0) is 21.3 Å². The van der Waals surface area contributed by atoms with Crippen molar-refractivity contribution >= 4 is 16.8 Å². The highest BCUT2D eigenvalue weighted by molar-refractivity contribution is 7.84. The first kappa shape index (κ1) is 15.4. The van der Waals surface area contributed by atoms with Crippen molar-refractivity contribution in [2.45, 2.75) is 24.5 Å². The molecule has 0 aliphatic rings. The monoisotopic (exact) mass is 302 g/mol. The van der Waals surface area contributed by atoms with Crippen molar-refractivity contribution < 1.29 is 13.7 Å². The number of rotatable bonds is 4. The second-order valence-corrected chi connectivity index (χ2v) is 6.37. The molecular weight excluding hydrogens is 284 g/mol. The van der Waals surface area contributed by atoms with Crippen LogP contribution in [0.15, 0.2) is 47.4 Å². The Balaban J connectivity index is 2.16. The van der Waals surface area contributed by atoms with Gasteiger partial charge in [0.15, 0.2) is 0 Å². The van der Waals surface area contributed by atoms with Gasteiger partial charge in [-0.2, -0.15) is 0 Å². The Bertz CT molecular complexity index is 675. The lowest BCUT2D eigenvalue weighted by molar-refractivity contribution is 0.0600. The van der Waals surface area contributed by atoms with Crippen LogP contribution in [0.1, 0.15) is 27.0 Å². The molecule has 110 valence electrons. The van der Waals surface area contributed by atoms with Crippen LogP contribution in [0.2, 0.25) is 0 Å². The van der Waals surface area contributed by atoms with Crippen molar-refractivity contribution in [2.75, 3.05) is 7.11 Å². The zero-order chi connectivity index (χ0) is 15.4. The molecule has 0 saturated heterocycles. The number of methoxy groups -OCH3 is 1. The third-order valence-electron chi connectivity index (χ3n) is 3.26. The summed E-state index contributed by atoms with van der Waals surface area (Å²) >= 11 is 0. The first-order valence-electron chi connectivity index (χ1n) is 6.64. The lowest BCUT2D eigenvalue weighted by Crippen LogP contribution is -2.02. The molecule has 0 fully saturated rings. The molecule has 2 rings (SSSR count). The van der Waals surface area contributed by atoms with E-state index in [-0.39, 0.29) is 5.97 Å².